The third-order valence-corrected chi connectivity index (χ3v) is 4.79. The average molecular weight is 437 g/mol. The Labute approximate surface area is 182 Å². The average Bonchev–Trinajstić information content (AvgIpc) is 2.59. The second kappa shape index (κ2) is 15.3. The molecule has 2 N–H and O–H groups in total. The zero-order valence-electron chi connectivity index (χ0n) is 15.9. The molecule has 26 heavy (non-hydrogen) atoms. The van der Waals surface area contributed by atoms with Crippen LogP contribution in [0.2, 0.25) is 0 Å². The Balaban J connectivity index is 0.00000625. The second-order valence-corrected chi connectivity index (χ2v) is 6.84. The van der Waals surface area contributed by atoms with Gasteiger partial charge in [0, 0.05) is 32.7 Å². The molecule has 0 aliphatic rings. The van der Waals surface area contributed by atoms with Gasteiger partial charge in [-0.15, -0.1) is 0 Å². The summed E-state index contributed by atoms with van der Waals surface area (Å²) in [5.41, 5.74) is 0.872. The van der Waals surface area contributed by atoms with E-state index in [1.807, 2.05) is 30.3 Å². The molecule has 5 heteroatoms. The molecule has 143 valence electrons. The monoisotopic (exact) mass is 437 g/mol. The van der Waals surface area contributed by atoms with Crippen LogP contribution in [0.15, 0.2) is 30.3 Å². The molecular weight excluding hydrogens is 405 g/mol. The first-order valence-corrected chi connectivity index (χ1v) is 9.55. The summed E-state index contributed by atoms with van der Waals surface area (Å²) >= 11 is 0. The number of hydrogen-bond acceptors (Lipinski definition) is 2. The summed E-state index contributed by atoms with van der Waals surface area (Å²) in [5.74, 6) is -3.70. The van der Waals surface area contributed by atoms with Gasteiger partial charge in [0.15, 0.2) is 0 Å². The first kappa shape index (κ1) is 25.3. The normalized spacial score (nSPS) is 12.8. The predicted molar refractivity (Wildman–Crippen MR) is 99.6 cm³/mol. The summed E-state index contributed by atoms with van der Waals surface area (Å²) in [6.45, 7) is 2.19. The fourth-order valence-electron chi connectivity index (χ4n) is 3.26. The van der Waals surface area contributed by atoms with Crippen molar-refractivity contribution < 1.29 is 52.5 Å². The number of rotatable bonds is 14. The van der Waals surface area contributed by atoms with Crippen molar-refractivity contribution in [1.29, 1.82) is 0 Å². The molecule has 1 aromatic carbocycles. The zero-order chi connectivity index (χ0) is 18.5. The molecule has 4 nitrogen and oxygen atoms in total. The van der Waals surface area contributed by atoms with Gasteiger partial charge in [0.2, 0.25) is 0 Å². The third kappa shape index (κ3) is 10.4. The van der Waals surface area contributed by atoms with Crippen LogP contribution >= 0.6 is 0 Å². The standard InChI is InChI=1S/C21H32O4.Y/c1-2-3-4-5-6-7-8-12-15-18(20(22)23)19(21(24)25)16-17-13-10-9-11-14-17;/h9-11,13-14,18-19H,2-8,12,15-16H2,1H3,(H,22,23)(H,24,25);/t18-,19-;/m0./s1. The number of carboxylic acid groups (broad SMARTS) is 2. The van der Waals surface area contributed by atoms with E-state index < -0.39 is 23.8 Å². The van der Waals surface area contributed by atoms with Crippen LogP contribution in [0.1, 0.15) is 70.3 Å². The summed E-state index contributed by atoms with van der Waals surface area (Å²) in [4.78, 5) is 23.2. The van der Waals surface area contributed by atoms with Crippen molar-refractivity contribution in [1.82, 2.24) is 0 Å². The maximum Gasteiger partial charge on any atom is 0.307 e. The molecular formula is C21H32O4Y. The van der Waals surface area contributed by atoms with Gasteiger partial charge < -0.3 is 10.2 Å². The third-order valence-electron chi connectivity index (χ3n) is 4.79. The zero-order valence-corrected chi connectivity index (χ0v) is 18.7. The minimum atomic E-state index is -1.02. The molecule has 0 heterocycles. The van der Waals surface area contributed by atoms with Crippen molar-refractivity contribution in [3.8, 4) is 0 Å². The van der Waals surface area contributed by atoms with Gasteiger partial charge >= 0.3 is 11.9 Å². The Kier molecular flexibility index (Phi) is 14.9. The van der Waals surface area contributed by atoms with Gasteiger partial charge in [0.1, 0.15) is 0 Å². The molecule has 0 amide bonds. The number of benzene rings is 1. The number of carboxylic acids is 2. The first-order chi connectivity index (χ1) is 12.1. The number of aliphatic carboxylic acids is 2. The molecule has 0 saturated carbocycles. The van der Waals surface area contributed by atoms with Crippen LogP contribution in [0.5, 0.6) is 0 Å². The van der Waals surface area contributed by atoms with E-state index in [2.05, 4.69) is 6.92 Å². The molecule has 0 unspecified atom stereocenters. The number of unbranched alkanes of at least 4 members (excludes halogenated alkanes) is 7. The Morgan fingerprint density at radius 3 is 1.81 bits per heavy atom. The molecule has 0 fully saturated rings. The molecule has 2 atom stereocenters. The van der Waals surface area contributed by atoms with Crippen molar-refractivity contribution >= 4 is 11.9 Å². The van der Waals surface area contributed by atoms with Crippen LogP contribution in [0, 0.1) is 11.8 Å². The smallest absolute Gasteiger partial charge is 0.307 e. The second-order valence-electron chi connectivity index (χ2n) is 6.84. The van der Waals surface area contributed by atoms with E-state index in [0.717, 1.165) is 24.8 Å². The maximum atomic E-state index is 11.6. The fraction of sp³-hybridized carbons (Fsp3) is 0.619. The van der Waals surface area contributed by atoms with E-state index in [4.69, 9.17) is 0 Å². The number of hydrogen-bond donors (Lipinski definition) is 2. The minimum absolute atomic E-state index is 0. The van der Waals surface area contributed by atoms with Gasteiger partial charge in [-0.1, -0.05) is 88.6 Å². The van der Waals surface area contributed by atoms with Gasteiger partial charge in [-0.2, -0.15) is 0 Å². The van der Waals surface area contributed by atoms with Gasteiger partial charge in [-0.3, -0.25) is 9.59 Å². The van der Waals surface area contributed by atoms with Crippen molar-refractivity contribution in [2.24, 2.45) is 11.8 Å². The van der Waals surface area contributed by atoms with Crippen LogP contribution in [-0.4, -0.2) is 22.2 Å². The summed E-state index contributed by atoms with van der Waals surface area (Å²) < 4.78 is 0. The molecule has 1 rings (SSSR count). The van der Waals surface area contributed by atoms with Crippen molar-refractivity contribution in [2.45, 2.75) is 71.1 Å². The molecule has 0 bridgehead atoms. The van der Waals surface area contributed by atoms with Crippen LogP contribution in [-0.2, 0) is 48.7 Å². The summed E-state index contributed by atoms with van der Waals surface area (Å²) in [6.07, 6.45) is 9.78. The Bertz CT molecular complexity index is 504. The topological polar surface area (TPSA) is 74.6 Å². The van der Waals surface area contributed by atoms with Crippen LogP contribution in [0.25, 0.3) is 0 Å². The van der Waals surface area contributed by atoms with E-state index in [1.54, 1.807) is 0 Å². The van der Waals surface area contributed by atoms with E-state index in [1.165, 1.54) is 32.1 Å². The largest absolute Gasteiger partial charge is 0.481 e. The molecule has 0 aliphatic heterocycles. The van der Waals surface area contributed by atoms with Crippen molar-refractivity contribution in [3.05, 3.63) is 35.9 Å². The quantitative estimate of drug-likeness (QED) is 0.395. The van der Waals surface area contributed by atoms with Gasteiger partial charge in [-0.05, 0) is 18.4 Å². The number of carbonyl (C=O) groups is 2. The van der Waals surface area contributed by atoms with Gasteiger partial charge in [-0.25, -0.2) is 0 Å². The van der Waals surface area contributed by atoms with Crippen LogP contribution in [0.3, 0.4) is 0 Å². The predicted octanol–water partition coefficient (Wildman–Crippen LogP) is 5.16. The summed E-state index contributed by atoms with van der Waals surface area (Å²) in [7, 11) is 0. The van der Waals surface area contributed by atoms with Crippen molar-refractivity contribution in [3.63, 3.8) is 0 Å². The summed E-state index contributed by atoms with van der Waals surface area (Å²) in [6, 6.07) is 9.27. The van der Waals surface area contributed by atoms with E-state index in [-0.39, 0.29) is 39.1 Å². The van der Waals surface area contributed by atoms with Crippen LogP contribution in [0.4, 0.5) is 0 Å². The van der Waals surface area contributed by atoms with E-state index in [0.29, 0.717) is 6.42 Å². The Hall–Kier alpha value is -0.736. The van der Waals surface area contributed by atoms with Crippen molar-refractivity contribution in [2.75, 3.05) is 0 Å². The van der Waals surface area contributed by atoms with E-state index >= 15 is 0 Å². The molecule has 0 aromatic heterocycles. The van der Waals surface area contributed by atoms with Gasteiger partial charge in [0.05, 0.1) is 11.8 Å². The van der Waals surface area contributed by atoms with Crippen LogP contribution < -0.4 is 0 Å². The SMILES string of the molecule is CCCCCCCCCC[C@H](C(=O)O)[C@H](Cc1ccccc1)C(=O)O.[Y]. The summed E-state index contributed by atoms with van der Waals surface area (Å²) in [5, 5.41) is 19.0. The van der Waals surface area contributed by atoms with Gasteiger partial charge in [0.25, 0.3) is 0 Å². The molecule has 0 spiro atoms. The molecule has 1 aromatic rings. The Morgan fingerprint density at radius 1 is 0.808 bits per heavy atom. The first-order valence-electron chi connectivity index (χ1n) is 9.55. The fourth-order valence-corrected chi connectivity index (χ4v) is 3.26. The van der Waals surface area contributed by atoms with E-state index in [9.17, 15) is 19.8 Å². The molecule has 0 aliphatic carbocycles. The minimum Gasteiger partial charge on any atom is -0.481 e. The Morgan fingerprint density at radius 2 is 1.31 bits per heavy atom. The molecule has 1 radical (unpaired) electrons. The molecule has 0 saturated heterocycles. The maximum absolute atomic E-state index is 11.6.